The van der Waals surface area contributed by atoms with Gasteiger partial charge in [-0.15, -0.1) is 0 Å². The second-order valence-corrected chi connectivity index (χ2v) is 5.35. The third kappa shape index (κ3) is 2.40. The molecule has 0 bridgehead atoms. The molecule has 2 atom stereocenters. The highest BCUT2D eigenvalue weighted by Gasteiger charge is 2.47. The minimum atomic E-state index is -0.793. The summed E-state index contributed by atoms with van der Waals surface area (Å²) >= 11 is 0. The number of amides is 2. The van der Waals surface area contributed by atoms with Crippen LogP contribution in [0.4, 0.5) is 0 Å². The van der Waals surface area contributed by atoms with Gasteiger partial charge < -0.3 is 10.2 Å². The van der Waals surface area contributed by atoms with Crippen molar-refractivity contribution in [1.29, 1.82) is 0 Å². The lowest BCUT2D eigenvalue weighted by Gasteiger charge is -2.45. The Morgan fingerprint density at radius 1 is 1.40 bits per heavy atom. The number of pyridine rings is 1. The van der Waals surface area contributed by atoms with Crippen LogP contribution >= 0.6 is 0 Å². The Kier molecular flexibility index (Phi) is 4.06. The van der Waals surface area contributed by atoms with Gasteiger partial charge in [-0.3, -0.25) is 14.6 Å². The Balaban J connectivity index is 2.33. The van der Waals surface area contributed by atoms with Crippen molar-refractivity contribution < 1.29 is 9.59 Å². The van der Waals surface area contributed by atoms with Crippen LogP contribution in [0.1, 0.15) is 39.2 Å². The number of aromatic nitrogens is 1. The number of carbonyl (C=O) groups excluding carboxylic acids is 2. The molecule has 1 aromatic heterocycles. The molecule has 2 heterocycles. The number of piperazine rings is 1. The fourth-order valence-corrected chi connectivity index (χ4v) is 2.48. The smallest absolute Gasteiger partial charge is 0.246 e. The Morgan fingerprint density at radius 2 is 2.15 bits per heavy atom. The first-order valence-corrected chi connectivity index (χ1v) is 7.04. The Labute approximate surface area is 119 Å². The third-order valence-electron chi connectivity index (χ3n) is 4.11. The first-order valence-electron chi connectivity index (χ1n) is 7.04. The van der Waals surface area contributed by atoms with Gasteiger partial charge in [0.2, 0.25) is 11.8 Å². The van der Waals surface area contributed by atoms with Crippen molar-refractivity contribution in [1.82, 2.24) is 15.2 Å². The molecule has 5 heteroatoms. The van der Waals surface area contributed by atoms with Gasteiger partial charge in [0.25, 0.3) is 0 Å². The number of carbonyl (C=O) groups is 2. The maximum Gasteiger partial charge on any atom is 0.246 e. The number of rotatable bonds is 4. The average molecular weight is 275 g/mol. The SMILES string of the molecule is CCC1NC(=O)C(C)(CC)N(Cc2cccnc2)C1=O. The van der Waals surface area contributed by atoms with E-state index in [1.54, 1.807) is 17.3 Å². The van der Waals surface area contributed by atoms with Crippen LogP contribution in [-0.2, 0) is 16.1 Å². The summed E-state index contributed by atoms with van der Waals surface area (Å²) < 4.78 is 0. The summed E-state index contributed by atoms with van der Waals surface area (Å²) in [7, 11) is 0. The van der Waals surface area contributed by atoms with Gasteiger partial charge >= 0.3 is 0 Å². The first kappa shape index (κ1) is 14.5. The summed E-state index contributed by atoms with van der Waals surface area (Å²) in [6, 6.07) is 3.34. The lowest BCUT2D eigenvalue weighted by Crippen LogP contribution is -2.68. The normalized spacial score (nSPS) is 26.6. The molecule has 1 aromatic rings. The van der Waals surface area contributed by atoms with Crippen molar-refractivity contribution in [3.05, 3.63) is 30.1 Å². The van der Waals surface area contributed by atoms with Gasteiger partial charge in [0, 0.05) is 18.9 Å². The molecular formula is C15H21N3O2. The lowest BCUT2D eigenvalue weighted by molar-refractivity contribution is -0.157. The van der Waals surface area contributed by atoms with Crippen LogP contribution in [0, 0.1) is 0 Å². The van der Waals surface area contributed by atoms with E-state index >= 15 is 0 Å². The third-order valence-corrected chi connectivity index (χ3v) is 4.11. The molecule has 0 saturated carbocycles. The molecule has 2 rings (SSSR count). The minimum Gasteiger partial charge on any atom is -0.342 e. The molecule has 0 aliphatic carbocycles. The fraction of sp³-hybridized carbons (Fsp3) is 0.533. The summed E-state index contributed by atoms with van der Waals surface area (Å²) in [6.45, 7) is 6.07. The number of hydrogen-bond donors (Lipinski definition) is 1. The van der Waals surface area contributed by atoms with Crippen LogP contribution < -0.4 is 5.32 Å². The zero-order valence-corrected chi connectivity index (χ0v) is 12.2. The van der Waals surface area contributed by atoms with Crippen LogP contribution in [-0.4, -0.2) is 33.3 Å². The lowest BCUT2D eigenvalue weighted by atomic mass is 9.89. The van der Waals surface area contributed by atoms with Gasteiger partial charge in [-0.05, 0) is 31.4 Å². The van der Waals surface area contributed by atoms with Crippen molar-refractivity contribution >= 4 is 11.8 Å². The molecule has 1 aliphatic rings. The molecule has 1 aliphatic heterocycles. The topological polar surface area (TPSA) is 62.3 Å². The molecule has 1 saturated heterocycles. The molecule has 108 valence electrons. The van der Waals surface area contributed by atoms with Gasteiger partial charge in [0.15, 0.2) is 0 Å². The molecule has 5 nitrogen and oxygen atoms in total. The van der Waals surface area contributed by atoms with E-state index in [1.165, 1.54) is 0 Å². The first-order chi connectivity index (χ1) is 9.52. The monoisotopic (exact) mass is 275 g/mol. The van der Waals surface area contributed by atoms with Gasteiger partial charge in [0.05, 0.1) is 0 Å². The largest absolute Gasteiger partial charge is 0.342 e. The average Bonchev–Trinajstić information content (AvgIpc) is 2.48. The van der Waals surface area contributed by atoms with Crippen molar-refractivity contribution in [2.24, 2.45) is 0 Å². The Bertz CT molecular complexity index is 503. The minimum absolute atomic E-state index is 0.0136. The van der Waals surface area contributed by atoms with E-state index in [0.29, 0.717) is 19.4 Å². The second-order valence-electron chi connectivity index (χ2n) is 5.35. The highest BCUT2D eigenvalue weighted by Crippen LogP contribution is 2.27. The van der Waals surface area contributed by atoms with Crippen LogP contribution in [0.25, 0.3) is 0 Å². The van der Waals surface area contributed by atoms with E-state index in [0.717, 1.165) is 5.56 Å². The fourth-order valence-electron chi connectivity index (χ4n) is 2.48. The number of nitrogens with one attached hydrogen (secondary N) is 1. The summed E-state index contributed by atoms with van der Waals surface area (Å²) in [5.74, 6) is -0.0874. The van der Waals surface area contributed by atoms with Crippen molar-refractivity contribution in [2.45, 2.75) is 51.7 Å². The van der Waals surface area contributed by atoms with E-state index in [9.17, 15) is 9.59 Å². The Morgan fingerprint density at radius 3 is 2.70 bits per heavy atom. The number of hydrogen-bond acceptors (Lipinski definition) is 3. The summed E-state index contributed by atoms with van der Waals surface area (Å²) in [5, 5.41) is 2.83. The van der Waals surface area contributed by atoms with Gasteiger partial charge in [-0.2, -0.15) is 0 Å². The second kappa shape index (κ2) is 5.61. The van der Waals surface area contributed by atoms with E-state index in [4.69, 9.17) is 0 Å². The Hall–Kier alpha value is -1.91. The van der Waals surface area contributed by atoms with Gasteiger partial charge in [0.1, 0.15) is 11.6 Å². The maximum absolute atomic E-state index is 12.6. The van der Waals surface area contributed by atoms with E-state index < -0.39 is 11.6 Å². The maximum atomic E-state index is 12.6. The predicted octanol–water partition coefficient (Wildman–Crippen LogP) is 1.49. The molecule has 0 spiro atoms. The van der Waals surface area contributed by atoms with Crippen molar-refractivity contribution in [2.75, 3.05) is 0 Å². The summed E-state index contributed by atoms with van der Waals surface area (Å²) in [5.41, 5.74) is 0.142. The van der Waals surface area contributed by atoms with E-state index in [-0.39, 0.29) is 11.8 Å². The predicted molar refractivity (Wildman–Crippen MR) is 75.7 cm³/mol. The van der Waals surface area contributed by atoms with Crippen LogP contribution in [0.3, 0.4) is 0 Å². The van der Waals surface area contributed by atoms with E-state index in [1.807, 2.05) is 32.9 Å². The van der Waals surface area contributed by atoms with Crippen molar-refractivity contribution in [3.63, 3.8) is 0 Å². The summed E-state index contributed by atoms with van der Waals surface area (Å²) in [4.78, 5) is 30.7. The highest BCUT2D eigenvalue weighted by molar-refractivity contribution is 5.99. The molecule has 0 radical (unpaired) electrons. The van der Waals surface area contributed by atoms with Crippen molar-refractivity contribution in [3.8, 4) is 0 Å². The zero-order chi connectivity index (χ0) is 14.8. The molecule has 2 unspecified atom stereocenters. The standard InChI is InChI=1S/C15H21N3O2/c1-4-12-13(19)18(10-11-7-6-8-16-9-11)15(3,5-2)14(20)17-12/h6-9,12H,4-5,10H2,1-3H3,(H,17,20). The quantitative estimate of drug-likeness (QED) is 0.905. The van der Waals surface area contributed by atoms with Gasteiger partial charge in [-0.25, -0.2) is 0 Å². The van der Waals surface area contributed by atoms with Gasteiger partial charge in [-0.1, -0.05) is 19.9 Å². The molecule has 0 aromatic carbocycles. The summed E-state index contributed by atoms with van der Waals surface area (Å²) in [6.07, 6.45) is 4.62. The van der Waals surface area contributed by atoms with Crippen LogP contribution in [0.15, 0.2) is 24.5 Å². The van der Waals surface area contributed by atoms with Crippen LogP contribution in [0.5, 0.6) is 0 Å². The molecule has 2 amide bonds. The van der Waals surface area contributed by atoms with Crippen LogP contribution in [0.2, 0.25) is 0 Å². The molecule has 1 N–H and O–H groups in total. The molecular weight excluding hydrogens is 254 g/mol. The molecule has 20 heavy (non-hydrogen) atoms. The highest BCUT2D eigenvalue weighted by atomic mass is 16.2. The zero-order valence-electron chi connectivity index (χ0n) is 12.2. The van der Waals surface area contributed by atoms with E-state index in [2.05, 4.69) is 10.3 Å². The molecule has 1 fully saturated rings. The number of nitrogens with zero attached hydrogens (tertiary/aromatic N) is 2.